The molecule has 0 bridgehead atoms. The van der Waals surface area contributed by atoms with Gasteiger partial charge < -0.3 is 5.11 Å². The van der Waals surface area contributed by atoms with Crippen LogP contribution in [0.2, 0.25) is 0 Å². The molecule has 5 rings (SSSR count). The van der Waals surface area contributed by atoms with Crippen molar-refractivity contribution in [2.75, 3.05) is 0 Å². The predicted molar refractivity (Wildman–Crippen MR) is 132 cm³/mol. The first-order valence-corrected chi connectivity index (χ1v) is 13.6. The van der Waals surface area contributed by atoms with E-state index in [0.717, 1.165) is 35.1 Å². The number of pyridine rings is 1. The van der Waals surface area contributed by atoms with E-state index < -0.39 is 20.4 Å². The largest absolute Gasteiger partial charge is 0.383 e. The van der Waals surface area contributed by atoms with Crippen molar-refractivity contribution in [3.05, 3.63) is 59.0 Å². The zero-order valence-corrected chi connectivity index (χ0v) is 21.0. The van der Waals surface area contributed by atoms with Crippen molar-refractivity contribution in [2.45, 2.75) is 40.5 Å². The Hall–Kier alpha value is -1.27. The highest BCUT2D eigenvalue weighted by molar-refractivity contribution is 14.1. The lowest BCUT2D eigenvalue weighted by Crippen LogP contribution is -2.45. The van der Waals surface area contributed by atoms with E-state index in [-0.39, 0.29) is 3.92 Å². The molecule has 31 heavy (non-hydrogen) atoms. The van der Waals surface area contributed by atoms with Gasteiger partial charge in [-0.1, -0.05) is 40.3 Å². The minimum atomic E-state index is -3.86. The number of allylic oxidation sites excluding steroid dienone is 3. The summed E-state index contributed by atoms with van der Waals surface area (Å²) >= 11 is 9.73. The second kappa shape index (κ2) is 7.38. The first-order valence-electron chi connectivity index (χ1n) is 9.77. The molecule has 1 N–H and O–H groups in total. The first kappa shape index (κ1) is 21.6. The molecule has 3 aromatic heterocycles. The Bertz CT molecular complexity index is 1360. The summed E-state index contributed by atoms with van der Waals surface area (Å²) in [6.45, 7) is 1.68. The zero-order valence-electron chi connectivity index (χ0n) is 16.5. The molecule has 2 unspecified atom stereocenters. The number of thiazole rings is 1. The fraction of sp³-hybridized carbons (Fsp3) is 0.333. The molecule has 2 aliphatic carbocycles. The van der Waals surface area contributed by atoms with E-state index in [4.69, 9.17) is 11.6 Å². The number of halogens is 2. The molecule has 2 atom stereocenters. The maximum absolute atomic E-state index is 13.7. The lowest BCUT2D eigenvalue weighted by molar-refractivity contribution is -0.0389. The number of hydrogen-bond donors (Lipinski definition) is 1. The molecule has 2 aliphatic rings. The number of rotatable bonds is 4. The van der Waals surface area contributed by atoms with E-state index in [1.165, 1.54) is 15.3 Å². The van der Waals surface area contributed by atoms with Crippen LogP contribution in [0, 0.1) is 0 Å². The second-order valence-corrected chi connectivity index (χ2v) is 13.1. The van der Waals surface area contributed by atoms with Gasteiger partial charge in [-0.15, -0.1) is 11.3 Å². The summed E-state index contributed by atoms with van der Waals surface area (Å²) in [5.74, 6) is 0. The summed E-state index contributed by atoms with van der Waals surface area (Å²) in [5.41, 5.74) is 0.381. The fourth-order valence-electron chi connectivity index (χ4n) is 3.96. The molecule has 0 aromatic carbocycles. The van der Waals surface area contributed by atoms with Crippen molar-refractivity contribution in [3.63, 3.8) is 0 Å². The average molecular weight is 588 g/mol. The Kier molecular flexibility index (Phi) is 5.13. The van der Waals surface area contributed by atoms with Gasteiger partial charge in [0, 0.05) is 34.6 Å². The van der Waals surface area contributed by atoms with Crippen molar-refractivity contribution < 1.29 is 13.5 Å². The highest BCUT2D eigenvalue weighted by Gasteiger charge is 2.46. The van der Waals surface area contributed by atoms with Gasteiger partial charge in [0.05, 0.1) is 8.80 Å². The minimum Gasteiger partial charge on any atom is -0.383 e. The van der Waals surface area contributed by atoms with E-state index in [1.807, 2.05) is 6.07 Å². The number of fused-ring (bicyclic) bond motifs is 1. The van der Waals surface area contributed by atoms with Crippen molar-refractivity contribution in [1.82, 2.24) is 13.9 Å². The van der Waals surface area contributed by atoms with E-state index in [1.54, 1.807) is 49.8 Å². The maximum Gasteiger partial charge on any atom is 0.250 e. The van der Waals surface area contributed by atoms with Gasteiger partial charge in [-0.2, -0.15) is 0 Å². The number of alkyl halides is 1. The van der Waals surface area contributed by atoms with Crippen molar-refractivity contribution in [2.24, 2.45) is 0 Å². The van der Waals surface area contributed by atoms with Crippen LogP contribution < -0.4 is 0 Å². The molecule has 162 valence electrons. The molecular formula is C21H19ClIN3O3S2. The molecule has 0 amide bonds. The molecule has 0 spiro atoms. The van der Waals surface area contributed by atoms with Gasteiger partial charge in [0.1, 0.15) is 15.4 Å². The highest BCUT2D eigenvalue weighted by atomic mass is 127. The minimum absolute atomic E-state index is 0.287. The zero-order chi connectivity index (χ0) is 22.0. The van der Waals surface area contributed by atoms with Crippen molar-refractivity contribution in [3.8, 4) is 10.4 Å². The van der Waals surface area contributed by atoms with Crippen LogP contribution in [0.4, 0.5) is 0 Å². The fourth-order valence-corrected chi connectivity index (χ4v) is 8.43. The average Bonchev–Trinajstić information content (AvgIpc) is 3.36. The molecule has 0 saturated heterocycles. The molecule has 0 radical (unpaired) electrons. The van der Waals surface area contributed by atoms with Gasteiger partial charge in [0.25, 0.3) is 10.0 Å². The topological polar surface area (TPSA) is 85.1 Å². The van der Waals surface area contributed by atoms with Crippen LogP contribution in [-0.4, -0.2) is 36.1 Å². The Labute approximate surface area is 202 Å². The summed E-state index contributed by atoms with van der Waals surface area (Å²) in [5, 5.41) is 12.4. The first-order chi connectivity index (χ1) is 14.7. The van der Waals surface area contributed by atoms with Crippen LogP contribution >= 0.6 is 45.5 Å². The third kappa shape index (κ3) is 3.23. The second-order valence-electron chi connectivity index (χ2n) is 8.10. The summed E-state index contributed by atoms with van der Waals surface area (Å²) in [4.78, 5) is 9.71. The quantitative estimate of drug-likeness (QED) is 0.344. The van der Waals surface area contributed by atoms with E-state index >= 15 is 0 Å². The van der Waals surface area contributed by atoms with Gasteiger partial charge in [0.15, 0.2) is 5.65 Å². The smallest absolute Gasteiger partial charge is 0.250 e. The van der Waals surface area contributed by atoms with Crippen LogP contribution in [-0.2, 0) is 15.6 Å². The molecule has 0 aliphatic heterocycles. The van der Waals surface area contributed by atoms with E-state index in [0.29, 0.717) is 15.7 Å². The Morgan fingerprint density at radius 1 is 1.32 bits per heavy atom. The lowest BCUT2D eigenvalue weighted by Gasteiger charge is -2.34. The predicted octanol–water partition coefficient (Wildman–Crippen LogP) is 4.96. The summed E-state index contributed by atoms with van der Waals surface area (Å²) in [7, 11) is -3.86. The standard InChI is InChI=1S/C21H19ClIN3O3S2/c1-20(11-13(22)3-4-17(20)23)31(28,29)26-10-6-15-14(5-9-24-18(15)26)16-12-25-19(30-16)21(27)7-2-8-21/h3-6,9-12,17,27H,2,7-8H2,1H3. The van der Waals surface area contributed by atoms with Crippen LogP contribution in [0.3, 0.4) is 0 Å². The van der Waals surface area contributed by atoms with E-state index in [2.05, 4.69) is 32.6 Å². The number of hydrogen-bond acceptors (Lipinski definition) is 6. The van der Waals surface area contributed by atoms with Crippen molar-refractivity contribution >= 4 is 66.6 Å². The van der Waals surface area contributed by atoms with Crippen LogP contribution in [0.1, 0.15) is 31.2 Å². The normalized spacial score (nSPS) is 25.4. The maximum atomic E-state index is 13.7. The molecule has 3 aromatic rings. The number of aromatic nitrogens is 3. The van der Waals surface area contributed by atoms with Gasteiger partial charge in [0.2, 0.25) is 0 Å². The van der Waals surface area contributed by atoms with Crippen LogP contribution in [0.15, 0.2) is 54.0 Å². The molecule has 10 heteroatoms. The summed E-state index contributed by atoms with van der Waals surface area (Å²) in [6, 6.07) is 3.62. The van der Waals surface area contributed by atoms with Crippen molar-refractivity contribution in [1.29, 1.82) is 0 Å². The monoisotopic (exact) mass is 587 g/mol. The van der Waals surface area contributed by atoms with Gasteiger partial charge in [-0.3, -0.25) is 0 Å². The van der Waals surface area contributed by atoms with Crippen LogP contribution in [0.25, 0.3) is 21.5 Å². The van der Waals surface area contributed by atoms with Gasteiger partial charge in [-0.25, -0.2) is 22.4 Å². The third-order valence-electron chi connectivity index (χ3n) is 6.12. The lowest BCUT2D eigenvalue weighted by atomic mass is 9.81. The molecule has 1 saturated carbocycles. The molecule has 6 nitrogen and oxygen atoms in total. The Morgan fingerprint density at radius 3 is 2.81 bits per heavy atom. The molecule has 1 fully saturated rings. The SMILES string of the molecule is CC1(S(=O)(=O)n2ccc3c(-c4cnc(C5(O)CCC5)s4)ccnc32)C=C(Cl)C=CC1I. The highest BCUT2D eigenvalue weighted by Crippen LogP contribution is 2.45. The van der Waals surface area contributed by atoms with Gasteiger partial charge in [-0.05, 0) is 50.5 Å². The molecular weight excluding hydrogens is 569 g/mol. The van der Waals surface area contributed by atoms with Crippen LogP contribution in [0.5, 0.6) is 0 Å². The number of aliphatic hydroxyl groups is 1. The number of nitrogens with zero attached hydrogens (tertiary/aromatic N) is 3. The molecule has 3 heterocycles. The van der Waals surface area contributed by atoms with Gasteiger partial charge >= 0.3 is 0 Å². The van der Waals surface area contributed by atoms with E-state index in [9.17, 15) is 13.5 Å². The summed E-state index contributed by atoms with van der Waals surface area (Å²) in [6.07, 6.45) is 12.4. The summed E-state index contributed by atoms with van der Waals surface area (Å²) < 4.78 is 27.2. The Morgan fingerprint density at radius 2 is 2.10 bits per heavy atom. The Balaban J connectivity index is 1.62. The third-order valence-corrected chi connectivity index (χ3v) is 12.0.